The standard InChI is InChI=1S/C69H136NO8P/c1-6-8-10-12-14-16-18-20-22-24-26-28-30-31-32-33-34-35-36-37-38-39-40-42-44-46-48-50-52-54-56-58-60-62-69(72)78-67(66-77-79(73,74)76-64-63-70(3,4)5)65-75-68(71)61-59-57-55-53-51-49-47-45-43-41-29-27-25-23-21-19-17-15-13-11-9-7-2/h24,26,67H,6-23,25,27-66H2,1-5H3/b26-24-. The van der Waals surface area contributed by atoms with E-state index < -0.39 is 26.5 Å². The van der Waals surface area contributed by atoms with Crippen molar-refractivity contribution in [2.45, 2.75) is 373 Å². The summed E-state index contributed by atoms with van der Waals surface area (Å²) in [5, 5.41) is 0. The summed E-state index contributed by atoms with van der Waals surface area (Å²) in [5.41, 5.74) is 0. The van der Waals surface area contributed by atoms with Gasteiger partial charge in [0.1, 0.15) is 19.8 Å². The average Bonchev–Trinajstić information content (AvgIpc) is 3.41. The Morgan fingerprint density at radius 3 is 0.937 bits per heavy atom. The van der Waals surface area contributed by atoms with Gasteiger partial charge < -0.3 is 27.9 Å². The van der Waals surface area contributed by atoms with E-state index >= 15 is 0 Å². The second kappa shape index (κ2) is 61.3. The first-order valence-corrected chi connectivity index (χ1v) is 36.4. The average molecular weight is 1140 g/mol. The topological polar surface area (TPSA) is 111 Å². The van der Waals surface area contributed by atoms with E-state index in [4.69, 9.17) is 18.5 Å². The molecule has 0 aromatic heterocycles. The smallest absolute Gasteiger partial charge is 0.306 e. The zero-order valence-electron chi connectivity index (χ0n) is 53.6. The van der Waals surface area contributed by atoms with Gasteiger partial charge in [-0.2, -0.15) is 0 Å². The highest BCUT2D eigenvalue weighted by molar-refractivity contribution is 7.45. The summed E-state index contributed by atoms with van der Waals surface area (Å²) < 4.78 is 34.3. The number of likely N-dealkylation sites (N-methyl/N-ethyl adjacent to an activating group) is 1. The van der Waals surface area contributed by atoms with Crippen LogP contribution in [0.25, 0.3) is 0 Å². The van der Waals surface area contributed by atoms with Gasteiger partial charge in [-0.3, -0.25) is 14.2 Å². The molecule has 0 saturated carbocycles. The SMILES string of the molecule is CCCCCCCCCC/C=C\CCCCCCCCCCCCCCCCCCCCCCCC(=O)OC(COC(=O)CCCCCCCCCCCCCCCCCCCCCCCC)COP(=O)([O-])OCC[N+](C)(C)C. The Morgan fingerprint density at radius 2 is 0.646 bits per heavy atom. The van der Waals surface area contributed by atoms with Gasteiger partial charge >= 0.3 is 11.9 Å². The van der Waals surface area contributed by atoms with Gasteiger partial charge in [0.25, 0.3) is 7.82 Å². The van der Waals surface area contributed by atoms with Crippen molar-refractivity contribution >= 4 is 19.8 Å². The zero-order valence-corrected chi connectivity index (χ0v) is 54.5. The predicted molar refractivity (Wildman–Crippen MR) is 338 cm³/mol. The first-order chi connectivity index (χ1) is 38.5. The van der Waals surface area contributed by atoms with Crippen LogP contribution in [0.3, 0.4) is 0 Å². The number of allylic oxidation sites excluding steroid dienone is 2. The van der Waals surface area contributed by atoms with Gasteiger partial charge in [0.15, 0.2) is 6.10 Å². The summed E-state index contributed by atoms with van der Waals surface area (Å²) in [7, 11) is 1.19. The number of ether oxygens (including phenoxy) is 2. The van der Waals surface area contributed by atoms with Crippen molar-refractivity contribution < 1.29 is 42.1 Å². The van der Waals surface area contributed by atoms with Crippen LogP contribution in [0.15, 0.2) is 12.2 Å². The molecule has 0 fully saturated rings. The fourth-order valence-electron chi connectivity index (χ4n) is 10.7. The maximum absolute atomic E-state index is 12.9. The van der Waals surface area contributed by atoms with E-state index in [1.165, 1.54) is 302 Å². The van der Waals surface area contributed by atoms with Gasteiger partial charge in [0.05, 0.1) is 27.7 Å². The molecule has 0 aromatic rings. The summed E-state index contributed by atoms with van der Waals surface area (Å²) >= 11 is 0. The second-order valence-electron chi connectivity index (χ2n) is 25.3. The number of esters is 2. The number of nitrogens with zero attached hydrogens (tertiary/aromatic N) is 1. The molecular formula is C69H136NO8P. The van der Waals surface area contributed by atoms with Crippen LogP contribution in [0, 0.1) is 0 Å². The quantitative estimate of drug-likeness (QED) is 0.0195. The Morgan fingerprint density at radius 1 is 0.380 bits per heavy atom. The molecule has 0 heterocycles. The van der Waals surface area contributed by atoms with E-state index in [0.29, 0.717) is 17.4 Å². The number of rotatable bonds is 66. The van der Waals surface area contributed by atoms with E-state index in [-0.39, 0.29) is 32.0 Å². The lowest BCUT2D eigenvalue weighted by Crippen LogP contribution is -2.37. The van der Waals surface area contributed by atoms with E-state index in [1.54, 1.807) is 0 Å². The number of quaternary nitrogens is 1. The van der Waals surface area contributed by atoms with Gasteiger partial charge in [-0.1, -0.05) is 328 Å². The number of phosphoric ester groups is 1. The molecule has 10 heteroatoms. The van der Waals surface area contributed by atoms with Crippen LogP contribution in [0.5, 0.6) is 0 Å². The zero-order chi connectivity index (χ0) is 57.7. The molecule has 0 aliphatic heterocycles. The Hall–Kier alpha value is -1.25. The number of carbonyl (C=O) groups is 2. The third kappa shape index (κ3) is 65.8. The lowest BCUT2D eigenvalue weighted by Gasteiger charge is -2.28. The monoisotopic (exact) mass is 1140 g/mol. The molecule has 0 rings (SSSR count). The van der Waals surface area contributed by atoms with Crippen LogP contribution in [-0.4, -0.2) is 70.0 Å². The molecule has 0 radical (unpaired) electrons. The van der Waals surface area contributed by atoms with Crippen LogP contribution in [0.1, 0.15) is 367 Å². The first kappa shape index (κ1) is 77.8. The molecular weight excluding hydrogens is 1000 g/mol. The molecule has 0 aliphatic carbocycles. The molecule has 0 aromatic carbocycles. The van der Waals surface area contributed by atoms with Crippen molar-refractivity contribution in [3.05, 3.63) is 12.2 Å². The predicted octanol–water partition coefficient (Wildman–Crippen LogP) is 21.7. The molecule has 2 unspecified atom stereocenters. The molecule has 0 aliphatic rings. The molecule has 0 saturated heterocycles. The summed E-state index contributed by atoms with van der Waals surface area (Å²) in [6.45, 7) is 4.32. The minimum absolute atomic E-state index is 0.0258. The summed E-state index contributed by atoms with van der Waals surface area (Å²) in [4.78, 5) is 38.0. The Kier molecular flexibility index (Phi) is 60.3. The molecule has 2 atom stereocenters. The third-order valence-electron chi connectivity index (χ3n) is 16.0. The van der Waals surface area contributed by atoms with Crippen molar-refractivity contribution in [3.8, 4) is 0 Å². The largest absolute Gasteiger partial charge is 0.756 e. The van der Waals surface area contributed by atoms with E-state index in [0.717, 1.165) is 32.1 Å². The maximum atomic E-state index is 12.9. The van der Waals surface area contributed by atoms with Crippen molar-refractivity contribution in [2.75, 3.05) is 47.5 Å². The van der Waals surface area contributed by atoms with E-state index in [1.807, 2.05) is 21.1 Å². The molecule has 79 heavy (non-hydrogen) atoms. The fraction of sp³-hybridized carbons (Fsp3) is 0.942. The Bertz CT molecular complexity index is 1340. The summed E-state index contributed by atoms with van der Waals surface area (Å²) in [6.07, 6.45) is 74.4. The van der Waals surface area contributed by atoms with Crippen LogP contribution in [0.4, 0.5) is 0 Å². The normalized spacial score (nSPS) is 13.1. The Balaban J connectivity index is 3.96. The number of hydrogen-bond donors (Lipinski definition) is 0. The highest BCUT2D eigenvalue weighted by atomic mass is 31.2. The first-order valence-electron chi connectivity index (χ1n) is 34.9. The lowest BCUT2D eigenvalue weighted by atomic mass is 10.0. The maximum Gasteiger partial charge on any atom is 0.306 e. The fourth-order valence-corrected chi connectivity index (χ4v) is 11.4. The van der Waals surface area contributed by atoms with Crippen LogP contribution >= 0.6 is 7.82 Å². The molecule has 470 valence electrons. The number of phosphoric acid groups is 1. The number of carbonyl (C=O) groups excluding carboxylic acids is 2. The number of unbranched alkanes of at least 4 members (excludes halogenated alkanes) is 50. The van der Waals surface area contributed by atoms with E-state index in [9.17, 15) is 19.0 Å². The van der Waals surface area contributed by atoms with Crippen molar-refractivity contribution in [1.29, 1.82) is 0 Å². The van der Waals surface area contributed by atoms with Gasteiger partial charge in [-0.05, 0) is 38.5 Å². The minimum atomic E-state index is -4.63. The van der Waals surface area contributed by atoms with E-state index in [2.05, 4.69) is 26.0 Å². The molecule has 9 nitrogen and oxygen atoms in total. The summed E-state index contributed by atoms with van der Waals surface area (Å²) in [5.74, 6) is -0.806. The van der Waals surface area contributed by atoms with Crippen LogP contribution in [0.2, 0.25) is 0 Å². The highest BCUT2D eigenvalue weighted by Crippen LogP contribution is 2.38. The molecule has 0 N–H and O–H groups in total. The third-order valence-corrected chi connectivity index (χ3v) is 17.0. The van der Waals surface area contributed by atoms with Crippen molar-refractivity contribution in [2.24, 2.45) is 0 Å². The van der Waals surface area contributed by atoms with Crippen molar-refractivity contribution in [3.63, 3.8) is 0 Å². The van der Waals surface area contributed by atoms with Crippen LogP contribution in [-0.2, 0) is 32.7 Å². The summed E-state index contributed by atoms with van der Waals surface area (Å²) in [6, 6.07) is 0. The van der Waals surface area contributed by atoms with Crippen molar-refractivity contribution in [1.82, 2.24) is 0 Å². The molecule has 0 amide bonds. The van der Waals surface area contributed by atoms with Crippen LogP contribution < -0.4 is 4.89 Å². The molecule has 0 spiro atoms. The minimum Gasteiger partial charge on any atom is -0.756 e. The lowest BCUT2D eigenvalue weighted by molar-refractivity contribution is -0.870. The molecule has 0 bridgehead atoms. The number of hydrogen-bond acceptors (Lipinski definition) is 8. The van der Waals surface area contributed by atoms with Gasteiger partial charge in [0, 0.05) is 12.8 Å². The van der Waals surface area contributed by atoms with Gasteiger partial charge in [-0.15, -0.1) is 0 Å². The second-order valence-corrected chi connectivity index (χ2v) is 26.7. The van der Waals surface area contributed by atoms with Gasteiger partial charge in [0.2, 0.25) is 0 Å². The highest BCUT2D eigenvalue weighted by Gasteiger charge is 2.22. The van der Waals surface area contributed by atoms with Gasteiger partial charge in [-0.25, -0.2) is 0 Å². The Labute approximate surface area is 492 Å².